The number of carbonyl (C=O) groups is 1. The van der Waals surface area contributed by atoms with Crippen molar-refractivity contribution in [1.29, 1.82) is 0 Å². The summed E-state index contributed by atoms with van der Waals surface area (Å²) in [7, 11) is 0. The normalized spacial score (nSPS) is 18.2. The molecule has 6 heterocycles. The summed E-state index contributed by atoms with van der Waals surface area (Å²) < 4.78 is 44.7. The lowest BCUT2D eigenvalue weighted by atomic mass is 9.95. The molecule has 3 aliphatic rings. The molecular weight excluding hydrogens is 575 g/mol. The zero-order valence-corrected chi connectivity index (χ0v) is 24.3. The number of hydrogen-bond acceptors (Lipinski definition) is 10. The highest BCUT2D eigenvalue weighted by Gasteiger charge is 2.31. The maximum Gasteiger partial charge on any atom is 0.416 e. The predicted molar refractivity (Wildman–Crippen MR) is 159 cm³/mol. The van der Waals surface area contributed by atoms with Crippen LogP contribution in [-0.2, 0) is 10.9 Å². The van der Waals surface area contributed by atoms with E-state index in [0.29, 0.717) is 29.1 Å². The number of aromatic nitrogens is 3. The van der Waals surface area contributed by atoms with Gasteiger partial charge in [-0.25, -0.2) is 0 Å². The molecule has 6 rings (SSSR count). The largest absolute Gasteiger partial charge is 0.416 e. The van der Waals surface area contributed by atoms with E-state index in [0.717, 1.165) is 88.0 Å². The van der Waals surface area contributed by atoms with Crippen LogP contribution >= 0.6 is 0 Å². The zero-order valence-electron chi connectivity index (χ0n) is 24.3. The van der Waals surface area contributed by atoms with E-state index in [4.69, 9.17) is 4.74 Å². The zero-order chi connectivity index (χ0) is 30.7. The quantitative estimate of drug-likeness (QED) is 0.366. The SMILES string of the molecule is Cc1ncc(NC(=O)c2cc(C(F)(F)F)ccn2)cc1N1C=C(c2cncc(N3CCC(CN4CCOCC4)CC3)c2)NN1. The van der Waals surface area contributed by atoms with E-state index in [1.54, 1.807) is 17.3 Å². The number of aryl methyl sites for hydroxylation is 1. The van der Waals surface area contributed by atoms with E-state index in [2.05, 4.69) is 47.1 Å². The first-order valence-electron chi connectivity index (χ1n) is 14.6. The predicted octanol–water partition coefficient (Wildman–Crippen LogP) is 3.83. The second-order valence-corrected chi connectivity index (χ2v) is 11.1. The van der Waals surface area contributed by atoms with Crippen molar-refractivity contribution in [3.63, 3.8) is 0 Å². The number of piperidine rings is 1. The summed E-state index contributed by atoms with van der Waals surface area (Å²) in [5, 5.41) is 4.31. The first-order chi connectivity index (χ1) is 21.2. The minimum Gasteiger partial charge on any atom is -0.379 e. The van der Waals surface area contributed by atoms with E-state index in [-0.39, 0.29) is 5.69 Å². The second-order valence-electron chi connectivity index (χ2n) is 11.1. The van der Waals surface area contributed by atoms with Gasteiger partial charge in [-0.1, -0.05) is 0 Å². The highest BCUT2D eigenvalue weighted by Crippen LogP contribution is 2.30. The van der Waals surface area contributed by atoms with Crippen LogP contribution in [0.15, 0.2) is 55.3 Å². The molecule has 44 heavy (non-hydrogen) atoms. The number of nitrogens with zero attached hydrogens (tertiary/aromatic N) is 6. The average molecular weight is 610 g/mol. The maximum atomic E-state index is 13.1. The molecular formula is C30H34F3N9O2. The molecule has 1 amide bonds. The molecule has 0 radical (unpaired) electrons. The Morgan fingerprint density at radius 1 is 1.07 bits per heavy atom. The maximum absolute atomic E-state index is 13.1. The Morgan fingerprint density at radius 3 is 2.64 bits per heavy atom. The van der Waals surface area contributed by atoms with Crippen molar-refractivity contribution < 1.29 is 22.7 Å². The van der Waals surface area contributed by atoms with Crippen molar-refractivity contribution in [3.8, 4) is 0 Å². The molecule has 232 valence electrons. The molecule has 0 aromatic carbocycles. The van der Waals surface area contributed by atoms with Gasteiger partial charge in [0, 0.05) is 56.9 Å². The van der Waals surface area contributed by atoms with Crippen LogP contribution in [0.25, 0.3) is 5.70 Å². The van der Waals surface area contributed by atoms with E-state index in [1.807, 2.05) is 19.3 Å². The second kappa shape index (κ2) is 12.8. The van der Waals surface area contributed by atoms with E-state index in [9.17, 15) is 18.0 Å². The van der Waals surface area contributed by atoms with Gasteiger partial charge in [-0.2, -0.15) is 13.2 Å². The Hall–Kier alpha value is -4.27. The summed E-state index contributed by atoms with van der Waals surface area (Å²) in [6.45, 7) is 8.60. The van der Waals surface area contributed by atoms with E-state index < -0.39 is 17.6 Å². The van der Waals surface area contributed by atoms with Crippen molar-refractivity contribution in [3.05, 3.63) is 77.8 Å². The fraction of sp³-hybridized carbons (Fsp3) is 0.400. The van der Waals surface area contributed by atoms with Gasteiger partial charge in [-0.05, 0) is 49.9 Å². The molecule has 3 N–H and O–H groups in total. The number of morpholine rings is 1. The van der Waals surface area contributed by atoms with Crippen molar-refractivity contribution in [2.75, 3.05) is 61.2 Å². The highest BCUT2D eigenvalue weighted by molar-refractivity contribution is 6.03. The van der Waals surface area contributed by atoms with Crippen LogP contribution in [-0.4, -0.2) is 71.7 Å². The van der Waals surface area contributed by atoms with E-state index >= 15 is 0 Å². The third-order valence-electron chi connectivity index (χ3n) is 8.10. The molecule has 0 spiro atoms. The molecule has 3 aliphatic heterocycles. The molecule has 2 fully saturated rings. The fourth-order valence-electron chi connectivity index (χ4n) is 5.62. The first-order valence-corrected chi connectivity index (χ1v) is 14.6. The van der Waals surface area contributed by atoms with Crippen molar-refractivity contribution in [2.24, 2.45) is 5.92 Å². The number of amides is 1. The topological polar surface area (TPSA) is 111 Å². The number of halogens is 3. The molecule has 2 saturated heterocycles. The summed E-state index contributed by atoms with van der Waals surface area (Å²) in [4.78, 5) is 30.2. The van der Waals surface area contributed by atoms with Gasteiger partial charge < -0.3 is 20.4 Å². The standard InChI is InChI=1S/C30H34F3N9O2/c1-20-28(14-24(16-36-20)37-29(43)26-13-23(2-5-35-26)30(31,32)33)42-19-27(38-39-42)22-12-25(17-34-15-22)41-6-3-21(4-7-41)18-40-8-10-44-11-9-40/h2,5,12-17,19,21,38-39H,3-4,6-11,18H2,1H3,(H,37,43). The highest BCUT2D eigenvalue weighted by atomic mass is 19.4. The molecule has 11 nitrogen and oxygen atoms in total. The van der Waals surface area contributed by atoms with Gasteiger partial charge in [-0.3, -0.25) is 29.7 Å². The third-order valence-corrected chi connectivity index (χ3v) is 8.10. The number of pyridine rings is 3. The number of alkyl halides is 3. The number of rotatable bonds is 7. The number of anilines is 3. The van der Waals surface area contributed by atoms with Crippen LogP contribution < -0.4 is 26.2 Å². The summed E-state index contributed by atoms with van der Waals surface area (Å²) >= 11 is 0. The molecule has 0 atom stereocenters. The molecule has 0 aliphatic carbocycles. The number of ether oxygens (including phenoxy) is 1. The van der Waals surface area contributed by atoms with Gasteiger partial charge in [0.1, 0.15) is 5.69 Å². The van der Waals surface area contributed by atoms with Gasteiger partial charge >= 0.3 is 6.18 Å². The molecule has 0 unspecified atom stereocenters. The number of hydrogen-bond donors (Lipinski definition) is 3. The fourth-order valence-corrected chi connectivity index (χ4v) is 5.62. The Balaban J connectivity index is 1.10. The minimum atomic E-state index is -4.58. The smallest absolute Gasteiger partial charge is 0.379 e. The summed E-state index contributed by atoms with van der Waals surface area (Å²) in [5.41, 5.74) is 9.33. The molecule has 3 aromatic rings. The summed E-state index contributed by atoms with van der Waals surface area (Å²) in [6.07, 6.45) is 5.65. The van der Waals surface area contributed by atoms with Gasteiger partial charge in [0.2, 0.25) is 0 Å². The number of nitrogens with one attached hydrogen (secondary N) is 3. The van der Waals surface area contributed by atoms with Crippen LogP contribution in [0.4, 0.5) is 30.2 Å². The lowest BCUT2D eigenvalue weighted by molar-refractivity contribution is -0.137. The Bertz CT molecular complexity index is 1520. The first kappa shape index (κ1) is 29.8. The molecule has 14 heteroatoms. The van der Waals surface area contributed by atoms with Crippen LogP contribution in [0.1, 0.15) is 40.2 Å². The van der Waals surface area contributed by atoms with Crippen LogP contribution in [0, 0.1) is 12.8 Å². The summed E-state index contributed by atoms with van der Waals surface area (Å²) in [6, 6.07) is 5.33. The molecule has 0 bridgehead atoms. The Morgan fingerprint density at radius 2 is 1.86 bits per heavy atom. The van der Waals surface area contributed by atoms with Gasteiger partial charge in [0.05, 0.1) is 59.6 Å². The number of hydrazine groups is 2. The van der Waals surface area contributed by atoms with Crippen molar-refractivity contribution in [1.82, 2.24) is 30.8 Å². The Labute approximate surface area is 253 Å². The van der Waals surface area contributed by atoms with Gasteiger partial charge in [-0.15, -0.1) is 5.53 Å². The lowest BCUT2D eigenvalue weighted by Gasteiger charge is -2.37. The van der Waals surface area contributed by atoms with Gasteiger partial charge in [0.25, 0.3) is 5.91 Å². The molecule has 0 saturated carbocycles. The van der Waals surface area contributed by atoms with Crippen molar-refractivity contribution in [2.45, 2.75) is 25.9 Å². The lowest BCUT2D eigenvalue weighted by Crippen LogP contribution is -2.43. The third kappa shape index (κ3) is 6.93. The monoisotopic (exact) mass is 609 g/mol. The van der Waals surface area contributed by atoms with Crippen LogP contribution in [0.5, 0.6) is 0 Å². The Kier molecular flexibility index (Phi) is 8.64. The average Bonchev–Trinajstić information content (AvgIpc) is 3.53. The molecule has 3 aromatic heterocycles. The van der Waals surface area contributed by atoms with Crippen LogP contribution in [0.2, 0.25) is 0 Å². The van der Waals surface area contributed by atoms with Crippen molar-refractivity contribution >= 4 is 28.7 Å². The minimum absolute atomic E-state index is 0.305. The van der Waals surface area contributed by atoms with Gasteiger partial charge in [0.15, 0.2) is 0 Å². The number of carbonyl (C=O) groups excluding carboxylic acids is 1. The summed E-state index contributed by atoms with van der Waals surface area (Å²) in [5.74, 6) is -0.0828. The van der Waals surface area contributed by atoms with Crippen LogP contribution in [0.3, 0.4) is 0 Å². The van der Waals surface area contributed by atoms with E-state index in [1.165, 1.54) is 6.20 Å².